The van der Waals surface area contributed by atoms with Crippen LogP contribution in [0.1, 0.15) is 81.8 Å². The molecule has 3 aliphatic rings. The monoisotopic (exact) mass is 714 g/mol. The normalized spacial score (nSPS) is 19.2. The fourth-order valence-electron chi connectivity index (χ4n) is 8.08. The number of nitrogens with one attached hydrogen (secondary N) is 3. The minimum Gasteiger partial charge on any atom is -0.494 e. The van der Waals surface area contributed by atoms with Crippen molar-refractivity contribution in [2.24, 2.45) is 22.0 Å². The second-order valence-electron chi connectivity index (χ2n) is 15.6. The number of likely N-dealkylation sites (tertiary alicyclic amines) is 1. The Bertz CT molecular complexity index is 2210. The molecule has 1 atom stereocenters. The third-order valence-corrected chi connectivity index (χ3v) is 12.0. The number of sulfonamides is 1. The van der Waals surface area contributed by atoms with Gasteiger partial charge in [0.2, 0.25) is 21.8 Å². The van der Waals surface area contributed by atoms with Gasteiger partial charge in [-0.15, -0.1) is 0 Å². The van der Waals surface area contributed by atoms with Gasteiger partial charge < -0.3 is 25.2 Å². The largest absolute Gasteiger partial charge is 0.494 e. The van der Waals surface area contributed by atoms with E-state index < -0.39 is 21.0 Å². The number of anilines is 1. The second kappa shape index (κ2) is 12.3. The molecule has 51 heavy (non-hydrogen) atoms. The summed E-state index contributed by atoms with van der Waals surface area (Å²) in [5.74, 6) is 0.399. The zero-order valence-electron chi connectivity index (χ0n) is 29.9. The van der Waals surface area contributed by atoms with Crippen molar-refractivity contribution >= 4 is 50.0 Å². The van der Waals surface area contributed by atoms with Gasteiger partial charge in [-0.2, -0.15) is 5.10 Å². The van der Waals surface area contributed by atoms with Crippen molar-refractivity contribution in [2.75, 3.05) is 25.5 Å². The summed E-state index contributed by atoms with van der Waals surface area (Å²) in [6.07, 6.45) is 2.61. The molecule has 5 heterocycles. The van der Waals surface area contributed by atoms with E-state index in [1.54, 1.807) is 6.07 Å². The molecule has 4 aromatic rings. The van der Waals surface area contributed by atoms with Crippen LogP contribution in [-0.4, -0.2) is 76.2 Å². The number of aliphatic imine (C=N–C) groups is 1. The summed E-state index contributed by atoms with van der Waals surface area (Å²) in [4.78, 5) is 38.9. The average molecular weight is 715 g/mol. The molecule has 0 bridgehead atoms. The van der Waals surface area contributed by atoms with Gasteiger partial charge in [0.05, 0.1) is 39.6 Å². The maximum absolute atomic E-state index is 13.6. The van der Waals surface area contributed by atoms with Crippen LogP contribution in [0.25, 0.3) is 10.9 Å². The Hall–Kier alpha value is -4.53. The number of benzene rings is 2. The second-order valence-corrected chi connectivity index (χ2v) is 17.1. The van der Waals surface area contributed by atoms with E-state index in [1.807, 2.05) is 57.7 Å². The molecule has 0 aliphatic carbocycles. The first-order valence-electron chi connectivity index (χ1n) is 17.4. The molecule has 7 rings (SSSR count). The van der Waals surface area contributed by atoms with E-state index in [2.05, 4.69) is 32.4 Å². The Morgan fingerprint density at radius 3 is 2.55 bits per heavy atom. The number of H-pyrrole nitrogens is 2. The molecule has 6 N–H and O–H groups in total. The topological polar surface area (TPSA) is 190 Å². The molecule has 270 valence electrons. The van der Waals surface area contributed by atoms with Crippen molar-refractivity contribution in [2.45, 2.75) is 82.7 Å². The summed E-state index contributed by atoms with van der Waals surface area (Å²) in [6.45, 7) is 12.3. The summed E-state index contributed by atoms with van der Waals surface area (Å²) in [7, 11) is -1.87. The number of carbonyl (C=O) groups excluding carboxylic acids is 2. The van der Waals surface area contributed by atoms with E-state index in [0.717, 1.165) is 54.0 Å². The molecule has 14 heteroatoms. The van der Waals surface area contributed by atoms with Gasteiger partial charge in [-0.25, -0.2) is 13.6 Å². The van der Waals surface area contributed by atoms with Crippen molar-refractivity contribution in [1.29, 1.82) is 0 Å². The Morgan fingerprint density at radius 2 is 1.84 bits per heavy atom. The summed E-state index contributed by atoms with van der Waals surface area (Å²) in [5.41, 5.74) is 4.94. The highest BCUT2D eigenvalue weighted by molar-refractivity contribution is 7.89. The highest BCUT2D eigenvalue weighted by atomic mass is 32.2. The lowest BCUT2D eigenvalue weighted by Gasteiger charge is -2.37. The van der Waals surface area contributed by atoms with Crippen LogP contribution in [0.3, 0.4) is 0 Å². The third-order valence-electron chi connectivity index (χ3n) is 11.1. The maximum Gasteiger partial charge on any atom is 0.238 e. The van der Waals surface area contributed by atoms with E-state index in [-0.39, 0.29) is 40.8 Å². The molecule has 1 unspecified atom stereocenters. The highest BCUT2D eigenvalue weighted by Crippen LogP contribution is 2.46. The van der Waals surface area contributed by atoms with Gasteiger partial charge in [0.15, 0.2) is 11.7 Å². The van der Waals surface area contributed by atoms with E-state index in [9.17, 15) is 23.1 Å². The number of hydrogen-bond acceptors (Lipinski definition) is 8. The summed E-state index contributed by atoms with van der Waals surface area (Å²) in [6, 6.07) is 10.5. The van der Waals surface area contributed by atoms with Gasteiger partial charge in [-0.1, -0.05) is 32.9 Å². The van der Waals surface area contributed by atoms with E-state index in [0.29, 0.717) is 41.0 Å². The van der Waals surface area contributed by atoms with Gasteiger partial charge >= 0.3 is 0 Å². The van der Waals surface area contributed by atoms with Crippen molar-refractivity contribution in [3.63, 3.8) is 0 Å². The lowest BCUT2D eigenvalue weighted by atomic mass is 9.78. The highest BCUT2D eigenvalue weighted by Gasteiger charge is 2.46. The number of rotatable bonds is 8. The number of carbonyl (C=O) groups is 2. The maximum atomic E-state index is 13.6. The van der Waals surface area contributed by atoms with Crippen LogP contribution in [0.5, 0.6) is 5.88 Å². The third kappa shape index (κ3) is 6.12. The number of aromatic amines is 2. The molecule has 2 amide bonds. The Balaban J connectivity index is 1.04. The van der Waals surface area contributed by atoms with Crippen LogP contribution < -0.4 is 10.5 Å². The molecule has 3 aliphatic heterocycles. The van der Waals surface area contributed by atoms with Gasteiger partial charge in [0.1, 0.15) is 0 Å². The van der Waals surface area contributed by atoms with Crippen LogP contribution in [0.4, 0.5) is 11.5 Å². The van der Waals surface area contributed by atoms with Crippen LogP contribution in [0.2, 0.25) is 0 Å². The predicted molar refractivity (Wildman–Crippen MR) is 196 cm³/mol. The Morgan fingerprint density at radius 1 is 1.12 bits per heavy atom. The first-order chi connectivity index (χ1) is 23.9. The minimum absolute atomic E-state index is 0.00106. The summed E-state index contributed by atoms with van der Waals surface area (Å²) >= 11 is 0. The number of hydrogen-bond donors (Lipinski definition) is 5. The average Bonchev–Trinajstić information content (AvgIpc) is 3.74. The lowest BCUT2D eigenvalue weighted by molar-refractivity contribution is -0.142. The van der Waals surface area contributed by atoms with Crippen LogP contribution in [0, 0.1) is 11.8 Å². The lowest BCUT2D eigenvalue weighted by Crippen LogP contribution is -2.46. The predicted octanol–water partition coefficient (Wildman–Crippen LogP) is 4.78. The molecule has 2 aromatic carbocycles. The van der Waals surface area contributed by atoms with Crippen molar-refractivity contribution in [3.05, 3.63) is 64.3 Å². The fraction of sp³-hybridized carbons (Fsp3) is 0.459. The standard InChI is InChI=1S/C37H46N8O5S/c1-20(16-29(46)41-33-25-19-45(37(4,5)31(25)42-43-33)35(48)22-11-13-44(6)14-12-22)15-21-7-9-26-28(17-21)39-32(36(26,2)3)30-24-18-23(51(38,49)50)8-10-27(24)40-34(30)47/h7-10,17-18,20,22,40,47H,11-16,19H2,1-6H3,(H2,38,49,50)(H2,41,42,43,46). The van der Waals surface area contributed by atoms with E-state index in [1.165, 1.54) is 12.1 Å². The van der Waals surface area contributed by atoms with Gasteiger partial charge in [-0.05, 0) is 94.6 Å². The Labute approximate surface area is 297 Å². The number of fused-ring (bicyclic) bond motifs is 3. The SMILES string of the molecule is CC(CC(=O)Nc1n[nH]c2c1CN(C(=O)C1CCN(C)CC1)C2(C)C)Cc1ccc2c(c1)N=C(c1c(O)[nH]c3ccc(S(N)(=O)=O)cc13)C2(C)C. The first-order valence-corrected chi connectivity index (χ1v) is 19.0. The molecular weight excluding hydrogens is 669 g/mol. The van der Waals surface area contributed by atoms with Gasteiger partial charge in [0.25, 0.3) is 0 Å². The van der Waals surface area contributed by atoms with Gasteiger partial charge in [0, 0.05) is 34.2 Å². The van der Waals surface area contributed by atoms with Crippen molar-refractivity contribution in [1.82, 2.24) is 25.0 Å². The van der Waals surface area contributed by atoms with E-state index in [4.69, 9.17) is 10.1 Å². The molecule has 13 nitrogen and oxygen atoms in total. The first kappa shape index (κ1) is 34.9. The van der Waals surface area contributed by atoms with Crippen molar-refractivity contribution < 1.29 is 23.1 Å². The zero-order chi connectivity index (χ0) is 36.6. The number of nitrogens with zero attached hydrogens (tertiary/aromatic N) is 4. The molecule has 0 radical (unpaired) electrons. The molecule has 1 fully saturated rings. The molecule has 2 aromatic heterocycles. The zero-order valence-corrected chi connectivity index (χ0v) is 30.7. The number of primary sulfonamides is 1. The van der Waals surface area contributed by atoms with Crippen LogP contribution >= 0.6 is 0 Å². The summed E-state index contributed by atoms with van der Waals surface area (Å²) in [5, 5.41) is 27.4. The van der Waals surface area contributed by atoms with E-state index >= 15 is 0 Å². The number of nitrogens with two attached hydrogens (primary N) is 1. The van der Waals surface area contributed by atoms with Gasteiger partial charge in [-0.3, -0.25) is 19.7 Å². The Kier molecular flexibility index (Phi) is 8.42. The number of aromatic hydroxyl groups is 1. The van der Waals surface area contributed by atoms with Crippen molar-refractivity contribution in [3.8, 4) is 5.88 Å². The van der Waals surface area contributed by atoms with Crippen LogP contribution in [0.15, 0.2) is 46.3 Å². The quantitative estimate of drug-likeness (QED) is 0.174. The number of amides is 2. The molecular formula is C37H46N8O5S. The summed E-state index contributed by atoms with van der Waals surface area (Å²) < 4.78 is 24.2. The minimum atomic E-state index is -3.95. The number of piperidine rings is 1. The molecule has 0 saturated carbocycles. The molecule has 1 saturated heterocycles. The smallest absolute Gasteiger partial charge is 0.238 e. The van der Waals surface area contributed by atoms with Crippen LogP contribution in [-0.2, 0) is 43.5 Å². The number of aromatic nitrogens is 3. The molecule has 0 spiro atoms. The fourth-order valence-corrected chi connectivity index (χ4v) is 8.62.